The second kappa shape index (κ2) is 13.6. The molecule has 8 heteroatoms. The van der Waals surface area contributed by atoms with E-state index in [9.17, 15) is 9.59 Å². The summed E-state index contributed by atoms with van der Waals surface area (Å²) >= 11 is 20.4. The van der Waals surface area contributed by atoms with E-state index in [1.54, 1.807) is 35.2 Å². The first-order valence-corrected chi connectivity index (χ1v) is 14.5. The third-order valence-corrected chi connectivity index (χ3v) is 8.50. The van der Waals surface area contributed by atoms with E-state index in [2.05, 4.69) is 5.32 Å². The van der Waals surface area contributed by atoms with Crippen molar-refractivity contribution in [1.29, 1.82) is 0 Å². The molecule has 0 bridgehead atoms. The van der Waals surface area contributed by atoms with E-state index in [0.29, 0.717) is 27.1 Å². The van der Waals surface area contributed by atoms with Crippen LogP contribution in [0.25, 0.3) is 0 Å². The van der Waals surface area contributed by atoms with Crippen molar-refractivity contribution in [2.75, 3.05) is 5.75 Å². The highest BCUT2D eigenvalue weighted by Crippen LogP contribution is 2.29. The second-order valence-corrected chi connectivity index (χ2v) is 11.5. The molecule has 1 atom stereocenters. The molecule has 3 aromatic rings. The lowest BCUT2D eigenvalue weighted by Gasteiger charge is -2.33. The van der Waals surface area contributed by atoms with E-state index >= 15 is 0 Å². The number of hydrogen-bond acceptors (Lipinski definition) is 3. The number of thioether (sulfide) groups is 1. The first kappa shape index (κ1) is 27.8. The number of halogens is 3. The van der Waals surface area contributed by atoms with Crippen LogP contribution in [0, 0.1) is 0 Å². The number of carbonyl (C=O) groups excluding carboxylic acids is 2. The lowest BCUT2D eigenvalue weighted by atomic mass is 10.0. The van der Waals surface area contributed by atoms with Crippen LogP contribution >= 0.6 is 46.6 Å². The fourth-order valence-corrected chi connectivity index (χ4v) is 5.96. The smallest absolute Gasteiger partial charge is 0.243 e. The van der Waals surface area contributed by atoms with Crippen LogP contribution in [0.4, 0.5) is 0 Å². The van der Waals surface area contributed by atoms with Gasteiger partial charge in [-0.05, 0) is 54.8 Å². The van der Waals surface area contributed by atoms with Gasteiger partial charge in [0, 0.05) is 44.5 Å². The van der Waals surface area contributed by atoms with Gasteiger partial charge in [0.2, 0.25) is 11.8 Å². The summed E-state index contributed by atoms with van der Waals surface area (Å²) in [4.78, 5) is 30.1. The van der Waals surface area contributed by atoms with Crippen LogP contribution in [0.5, 0.6) is 0 Å². The quantitative estimate of drug-likeness (QED) is 0.256. The average molecular weight is 576 g/mol. The highest BCUT2D eigenvalue weighted by atomic mass is 35.5. The zero-order chi connectivity index (χ0) is 26.2. The van der Waals surface area contributed by atoms with Crippen LogP contribution in [-0.2, 0) is 22.6 Å². The molecule has 0 aliphatic heterocycles. The Morgan fingerprint density at radius 3 is 2.19 bits per heavy atom. The van der Waals surface area contributed by atoms with Crippen LogP contribution in [0.2, 0.25) is 15.1 Å². The molecule has 1 aliphatic rings. The fraction of sp³-hybridized carbons (Fsp3) is 0.310. The maximum atomic E-state index is 13.8. The van der Waals surface area contributed by atoms with Crippen molar-refractivity contribution >= 4 is 58.4 Å². The van der Waals surface area contributed by atoms with E-state index in [0.717, 1.165) is 36.1 Å². The summed E-state index contributed by atoms with van der Waals surface area (Å²) in [5.41, 5.74) is 1.60. The van der Waals surface area contributed by atoms with Gasteiger partial charge in [-0.15, -0.1) is 11.8 Å². The summed E-state index contributed by atoms with van der Waals surface area (Å²) in [5, 5.41) is 4.77. The Hall–Kier alpha value is -2.18. The largest absolute Gasteiger partial charge is 0.352 e. The molecule has 3 aromatic carbocycles. The number of nitrogens with zero attached hydrogens (tertiary/aromatic N) is 1. The minimum atomic E-state index is -0.714. The maximum absolute atomic E-state index is 13.8. The number of carbonyl (C=O) groups is 2. The molecule has 0 unspecified atom stereocenters. The number of nitrogens with one attached hydrogen (secondary N) is 1. The zero-order valence-electron chi connectivity index (χ0n) is 20.3. The van der Waals surface area contributed by atoms with Gasteiger partial charge >= 0.3 is 0 Å². The molecule has 0 spiro atoms. The van der Waals surface area contributed by atoms with Crippen LogP contribution in [0.1, 0.15) is 36.8 Å². The Balaban J connectivity index is 1.64. The molecule has 1 N–H and O–H groups in total. The number of hydrogen-bond donors (Lipinski definition) is 1. The number of benzene rings is 3. The molecule has 1 fully saturated rings. The Bertz CT molecular complexity index is 1180. The lowest BCUT2D eigenvalue weighted by Crippen LogP contribution is -2.52. The molecule has 0 heterocycles. The molecule has 2 amide bonds. The molecule has 4 rings (SSSR count). The highest BCUT2D eigenvalue weighted by Gasteiger charge is 2.33. The first-order chi connectivity index (χ1) is 17.9. The topological polar surface area (TPSA) is 49.4 Å². The summed E-state index contributed by atoms with van der Waals surface area (Å²) in [6, 6.07) is 21.8. The molecule has 0 saturated heterocycles. The molecule has 0 aromatic heterocycles. The average Bonchev–Trinajstić information content (AvgIpc) is 3.40. The number of amides is 2. The monoisotopic (exact) mass is 574 g/mol. The van der Waals surface area contributed by atoms with Gasteiger partial charge in [0.05, 0.1) is 5.75 Å². The van der Waals surface area contributed by atoms with Crippen molar-refractivity contribution in [2.24, 2.45) is 0 Å². The fourth-order valence-electron chi connectivity index (χ4n) is 4.53. The van der Waals surface area contributed by atoms with Gasteiger partial charge in [-0.3, -0.25) is 9.59 Å². The van der Waals surface area contributed by atoms with Crippen LogP contribution < -0.4 is 5.32 Å². The van der Waals surface area contributed by atoms with Crippen molar-refractivity contribution in [3.63, 3.8) is 0 Å². The molecule has 194 valence electrons. The summed E-state index contributed by atoms with van der Waals surface area (Å²) in [6.45, 7) is 0.133. The molecule has 0 radical (unpaired) electrons. The second-order valence-electron chi connectivity index (χ2n) is 9.16. The summed E-state index contributed by atoms with van der Waals surface area (Å²) in [7, 11) is 0. The molecule has 1 aliphatic carbocycles. The van der Waals surface area contributed by atoms with Crippen molar-refractivity contribution in [2.45, 2.75) is 55.6 Å². The summed E-state index contributed by atoms with van der Waals surface area (Å²) in [5.74, 6) is -0.159. The van der Waals surface area contributed by atoms with Crippen molar-refractivity contribution in [3.05, 3.63) is 99.0 Å². The van der Waals surface area contributed by atoms with Crippen LogP contribution in [0.15, 0.2) is 77.7 Å². The SMILES string of the molecule is O=C(NC1CCCC1)[C@H](Cc1ccccc1)N(Cc1c(Cl)cccc1Cl)C(=O)CSc1ccc(Cl)cc1. The standard InChI is InChI=1S/C29H29Cl3N2O2S/c30-21-13-15-23(16-14-21)37-19-28(35)34(18-24-25(31)11-6-12-26(24)32)27(17-20-7-2-1-3-8-20)29(36)33-22-9-4-5-10-22/h1-3,6-8,11-16,22,27H,4-5,9-10,17-19H2,(H,33,36)/t27-/m0/s1. The Kier molecular flexibility index (Phi) is 10.2. The third kappa shape index (κ3) is 7.90. The normalized spacial score (nSPS) is 14.4. The van der Waals surface area contributed by atoms with E-state index in [-0.39, 0.29) is 30.2 Å². The molecule has 1 saturated carbocycles. The minimum Gasteiger partial charge on any atom is -0.352 e. The first-order valence-electron chi connectivity index (χ1n) is 12.4. The van der Waals surface area contributed by atoms with E-state index in [1.165, 1.54) is 11.8 Å². The van der Waals surface area contributed by atoms with E-state index in [1.807, 2.05) is 42.5 Å². The molecular formula is C29H29Cl3N2O2S. The highest BCUT2D eigenvalue weighted by molar-refractivity contribution is 8.00. The number of rotatable bonds is 10. The van der Waals surface area contributed by atoms with E-state index in [4.69, 9.17) is 34.8 Å². The Morgan fingerprint density at radius 2 is 1.54 bits per heavy atom. The third-order valence-electron chi connectivity index (χ3n) is 6.54. The van der Waals surface area contributed by atoms with Gasteiger partial charge in [-0.25, -0.2) is 0 Å². The summed E-state index contributed by atoms with van der Waals surface area (Å²) < 4.78 is 0. The van der Waals surface area contributed by atoms with Gasteiger partial charge in [-0.2, -0.15) is 0 Å². The predicted octanol–water partition coefficient (Wildman–Crippen LogP) is 7.44. The van der Waals surface area contributed by atoms with Crippen molar-refractivity contribution in [3.8, 4) is 0 Å². The van der Waals surface area contributed by atoms with Gasteiger partial charge in [0.15, 0.2) is 0 Å². The van der Waals surface area contributed by atoms with Gasteiger partial charge in [-0.1, -0.05) is 84.0 Å². The van der Waals surface area contributed by atoms with Crippen molar-refractivity contribution in [1.82, 2.24) is 10.2 Å². The maximum Gasteiger partial charge on any atom is 0.243 e. The van der Waals surface area contributed by atoms with Crippen molar-refractivity contribution < 1.29 is 9.59 Å². The molecular weight excluding hydrogens is 547 g/mol. The lowest BCUT2D eigenvalue weighted by molar-refractivity contribution is -0.139. The van der Waals surface area contributed by atoms with E-state index < -0.39 is 6.04 Å². The molecule has 4 nitrogen and oxygen atoms in total. The minimum absolute atomic E-state index is 0.133. The van der Waals surface area contributed by atoms with Gasteiger partial charge < -0.3 is 10.2 Å². The zero-order valence-corrected chi connectivity index (χ0v) is 23.4. The van der Waals surface area contributed by atoms with Crippen LogP contribution in [0.3, 0.4) is 0 Å². The Labute approximate surface area is 237 Å². The molecule has 37 heavy (non-hydrogen) atoms. The Morgan fingerprint density at radius 1 is 0.892 bits per heavy atom. The van der Waals surface area contributed by atoms with Gasteiger partial charge in [0.25, 0.3) is 0 Å². The predicted molar refractivity (Wildman–Crippen MR) is 154 cm³/mol. The van der Waals surface area contributed by atoms with Gasteiger partial charge in [0.1, 0.15) is 6.04 Å². The van der Waals surface area contributed by atoms with Crippen LogP contribution in [-0.4, -0.2) is 34.6 Å². The summed E-state index contributed by atoms with van der Waals surface area (Å²) in [6.07, 6.45) is 4.51.